The lowest BCUT2D eigenvalue weighted by atomic mass is 10.3. The monoisotopic (exact) mass is 422 g/mol. The Hall–Kier alpha value is -2.40. The summed E-state index contributed by atoms with van der Waals surface area (Å²) in [6.45, 7) is 0. The molecule has 27 heavy (non-hydrogen) atoms. The van der Waals surface area contributed by atoms with Gasteiger partial charge < -0.3 is 5.32 Å². The lowest BCUT2D eigenvalue weighted by molar-refractivity contribution is -0.137. The summed E-state index contributed by atoms with van der Waals surface area (Å²) in [5.41, 5.74) is -1.37. The van der Waals surface area contributed by atoms with E-state index >= 15 is 0 Å². The van der Waals surface area contributed by atoms with Crippen molar-refractivity contribution in [3.05, 3.63) is 52.7 Å². The lowest BCUT2D eigenvalue weighted by Gasteiger charge is -2.09. The second kappa shape index (κ2) is 7.31. The van der Waals surface area contributed by atoms with E-state index in [1.54, 1.807) is 0 Å². The Balaban J connectivity index is 1.78. The van der Waals surface area contributed by atoms with Gasteiger partial charge in [0.2, 0.25) is 5.91 Å². The molecule has 0 saturated heterocycles. The van der Waals surface area contributed by atoms with Crippen LogP contribution in [0.5, 0.6) is 0 Å². The molecule has 0 saturated carbocycles. The van der Waals surface area contributed by atoms with Crippen LogP contribution in [-0.4, -0.2) is 26.3 Å². The summed E-state index contributed by atoms with van der Waals surface area (Å²) >= 11 is 6.55. The number of amides is 1. The first-order chi connectivity index (χ1) is 12.6. The van der Waals surface area contributed by atoms with Crippen molar-refractivity contribution < 1.29 is 26.7 Å². The van der Waals surface area contributed by atoms with E-state index < -0.39 is 29.3 Å². The number of carbonyl (C=O) groups excluding carboxylic acids is 1. The van der Waals surface area contributed by atoms with Crippen LogP contribution in [0.4, 0.5) is 27.6 Å². The third-order valence-corrected chi connectivity index (χ3v) is 4.51. The van der Waals surface area contributed by atoms with Crippen molar-refractivity contribution >= 4 is 40.6 Å². The van der Waals surface area contributed by atoms with Crippen LogP contribution in [0.1, 0.15) is 5.56 Å². The van der Waals surface area contributed by atoms with Crippen LogP contribution in [0, 0.1) is 11.6 Å². The summed E-state index contributed by atoms with van der Waals surface area (Å²) in [7, 11) is 0. The molecule has 0 aliphatic carbocycles. The number of hydrogen-bond acceptors (Lipinski definition) is 4. The summed E-state index contributed by atoms with van der Waals surface area (Å²) in [6, 6.07) is 3.27. The molecule has 0 bridgehead atoms. The van der Waals surface area contributed by atoms with Gasteiger partial charge in [-0.25, -0.2) is 8.78 Å². The second-order valence-electron chi connectivity index (χ2n) is 5.21. The number of nitrogens with zero attached hydrogens (tertiary/aromatic N) is 3. The second-order valence-corrected chi connectivity index (χ2v) is 6.56. The molecular weight excluding hydrogens is 415 g/mol. The molecule has 3 aromatic rings. The topological polar surface area (TPSA) is 59.3 Å². The zero-order valence-corrected chi connectivity index (χ0v) is 14.6. The highest BCUT2D eigenvalue weighted by atomic mass is 35.5. The number of benzene rings is 1. The fourth-order valence-electron chi connectivity index (χ4n) is 2.10. The minimum Gasteiger partial charge on any atom is -0.323 e. The highest BCUT2D eigenvalue weighted by molar-refractivity contribution is 7.99. The summed E-state index contributed by atoms with van der Waals surface area (Å²) in [6.07, 6.45) is -3.87. The molecule has 0 fully saturated rings. The number of anilines is 1. The number of thioether (sulfide) groups is 1. The molecule has 12 heteroatoms. The summed E-state index contributed by atoms with van der Waals surface area (Å²) in [4.78, 5) is 11.9. The highest BCUT2D eigenvalue weighted by Crippen LogP contribution is 2.33. The van der Waals surface area contributed by atoms with Crippen molar-refractivity contribution in [2.75, 3.05) is 11.1 Å². The van der Waals surface area contributed by atoms with E-state index in [-0.39, 0.29) is 27.3 Å². The molecular formula is C15H8ClF5N4OS. The Morgan fingerprint density at radius 1 is 1.22 bits per heavy atom. The van der Waals surface area contributed by atoms with Gasteiger partial charge in [-0.15, -0.1) is 10.2 Å². The van der Waals surface area contributed by atoms with Crippen LogP contribution in [0.3, 0.4) is 0 Å². The first-order valence-corrected chi connectivity index (χ1v) is 8.50. The van der Waals surface area contributed by atoms with Crippen molar-refractivity contribution in [3.8, 4) is 0 Å². The van der Waals surface area contributed by atoms with E-state index in [1.165, 1.54) is 0 Å². The largest absolute Gasteiger partial charge is 0.417 e. The predicted molar refractivity (Wildman–Crippen MR) is 88.7 cm³/mol. The molecule has 0 spiro atoms. The third kappa shape index (κ3) is 4.30. The molecule has 0 unspecified atom stereocenters. The Bertz CT molecular complexity index is 1020. The number of hydrogen-bond donors (Lipinski definition) is 1. The fraction of sp³-hybridized carbons (Fsp3) is 0.133. The van der Waals surface area contributed by atoms with Crippen LogP contribution < -0.4 is 5.32 Å². The average Bonchev–Trinajstić information content (AvgIpc) is 2.99. The summed E-state index contributed by atoms with van der Waals surface area (Å²) in [5, 5.41) is 9.28. The third-order valence-electron chi connectivity index (χ3n) is 3.29. The molecule has 5 nitrogen and oxygen atoms in total. The minimum absolute atomic E-state index is 0.0104. The minimum atomic E-state index is -4.63. The van der Waals surface area contributed by atoms with E-state index in [1.807, 2.05) is 0 Å². The smallest absolute Gasteiger partial charge is 0.323 e. The molecule has 142 valence electrons. The molecule has 2 heterocycles. The quantitative estimate of drug-likeness (QED) is 0.500. The number of halogens is 6. The van der Waals surface area contributed by atoms with Gasteiger partial charge in [0, 0.05) is 12.3 Å². The maximum Gasteiger partial charge on any atom is 0.417 e. The Morgan fingerprint density at radius 2 is 1.96 bits per heavy atom. The zero-order chi connectivity index (χ0) is 19.8. The zero-order valence-electron chi connectivity index (χ0n) is 13.0. The van der Waals surface area contributed by atoms with E-state index in [9.17, 15) is 26.7 Å². The van der Waals surface area contributed by atoms with Gasteiger partial charge in [0.15, 0.2) is 10.8 Å². The number of pyridine rings is 1. The SMILES string of the molecule is O=C(CSc1nnc2c(Cl)cc(C(F)(F)F)cn12)Nc1cc(F)ccc1F. The van der Waals surface area contributed by atoms with Gasteiger partial charge >= 0.3 is 6.18 Å². The Kier molecular flexibility index (Phi) is 5.24. The summed E-state index contributed by atoms with van der Waals surface area (Å²) in [5.74, 6) is -2.61. The standard InChI is InChI=1S/C15H8ClF5N4OS/c16-9-3-7(15(19,20)21)5-25-13(9)23-24-14(25)27-6-12(26)22-11-4-8(17)1-2-10(11)18/h1-5H,6H2,(H,22,26). The Morgan fingerprint density at radius 3 is 2.67 bits per heavy atom. The van der Waals surface area contributed by atoms with Crippen molar-refractivity contribution in [1.29, 1.82) is 0 Å². The van der Waals surface area contributed by atoms with E-state index in [0.29, 0.717) is 0 Å². The van der Waals surface area contributed by atoms with Crippen LogP contribution in [-0.2, 0) is 11.0 Å². The number of aromatic nitrogens is 3. The number of alkyl halides is 3. The number of carbonyl (C=O) groups is 1. The molecule has 1 aromatic carbocycles. The number of fused-ring (bicyclic) bond motifs is 1. The molecule has 0 aliphatic rings. The average molecular weight is 423 g/mol. The first-order valence-electron chi connectivity index (χ1n) is 7.14. The lowest BCUT2D eigenvalue weighted by Crippen LogP contribution is -2.15. The van der Waals surface area contributed by atoms with Crippen molar-refractivity contribution in [1.82, 2.24) is 14.6 Å². The van der Waals surface area contributed by atoms with Gasteiger partial charge in [-0.2, -0.15) is 13.2 Å². The molecule has 1 N–H and O–H groups in total. The van der Waals surface area contributed by atoms with Gasteiger partial charge in [0.1, 0.15) is 11.6 Å². The van der Waals surface area contributed by atoms with Gasteiger partial charge in [0.25, 0.3) is 0 Å². The molecule has 2 aromatic heterocycles. The molecule has 0 aliphatic heterocycles. The Labute approximate surface area is 157 Å². The maximum absolute atomic E-state index is 13.5. The van der Waals surface area contributed by atoms with E-state index in [4.69, 9.17) is 11.6 Å². The molecule has 3 rings (SSSR count). The summed E-state index contributed by atoms with van der Waals surface area (Å²) < 4.78 is 66.4. The first kappa shape index (κ1) is 19.4. The predicted octanol–water partition coefficient (Wildman–Crippen LogP) is 4.41. The number of rotatable bonds is 4. The highest BCUT2D eigenvalue weighted by Gasteiger charge is 2.32. The molecule has 0 atom stereocenters. The van der Waals surface area contributed by atoms with Crippen LogP contribution in [0.2, 0.25) is 5.02 Å². The van der Waals surface area contributed by atoms with Gasteiger partial charge in [-0.05, 0) is 18.2 Å². The molecule has 1 amide bonds. The van der Waals surface area contributed by atoms with Crippen molar-refractivity contribution in [3.63, 3.8) is 0 Å². The molecule has 0 radical (unpaired) electrons. The van der Waals surface area contributed by atoms with Crippen molar-refractivity contribution in [2.45, 2.75) is 11.3 Å². The van der Waals surface area contributed by atoms with Gasteiger partial charge in [-0.1, -0.05) is 23.4 Å². The van der Waals surface area contributed by atoms with Crippen LogP contribution in [0.15, 0.2) is 35.6 Å². The van der Waals surface area contributed by atoms with Gasteiger partial charge in [-0.3, -0.25) is 9.20 Å². The maximum atomic E-state index is 13.5. The van der Waals surface area contributed by atoms with Crippen LogP contribution in [0.25, 0.3) is 5.65 Å². The fourth-order valence-corrected chi connectivity index (χ4v) is 3.05. The van der Waals surface area contributed by atoms with Crippen LogP contribution >= 0.6 is 23.4 Å². The van der Waals surface area contributed by atoms with E-state index in [0.717, 1.165) is 46.6 Å². The van der Waals surface area contributed by atoms with Gasteiger partial charge in [0.05, 0.1) is 22.0 Å². The van der Waals surface area contributed by atoms with Crippen molar-refractivity contribution in [2.24, 2.45) is 0 Å². The van der Waals surface area contributed by atoms with E-state index in [2.05, 4.69) is 15.5 Å². The normalized spacial score (nSPS) is 11.8. The number of nitrogens with one attached hydrogen (secondary N) is 1.